The molecule has 1 heterocycles. The number of nitrogens with zero attached hydrogens (tertiary/aromatic N) is 3. The zero-order valence-electron chi connectivity index (χ0n) is 15.8. The molecule has 5 aliphatic rings. The lowest BCUT2D eigenvalue weighted by Crippen LogP contribution is -2.49. The van der Waals surface area contributed by atoms with Crippen molar-refractivity contribution >= 4 is 11.8 Å². The Labute approximate surface area is 156 Å². The maximum absolute atomic E-state index is 4.83. The molecular weight excluding hydrogens is 326 g/mol. The Hall–Kier alpha value is -0.510. The van der Waals surface area contributed by atoms with Gasteiger partial charge in [0.15, 0.2) is 5.16 Å². The van der Waals surface area contributed by atoms with E-state index >= 15 is 0 Å². The van der Waals surface area contributed by atoms with E-state index in [1.165, 1.54) is 87.4 Å². The number of hydrogen-bond acceptors (Lipinski definition) is 3. The zero-order chi connectivity index (χ0) is 16.9. The Bertz CT molecular complexity index is 581. The van der Waals surface area contributed by atoms with Crippen LogP contribution < -0.4 is 0 Å². The van der Waals surface area contributed by atoms with Gasteiger partial charge < -0.3 is 4.57 Å². The van der Waals surface area contributed by atoms with Crippen LogP contribution in [0.4, 0.5) is 0 Å². The van der Waals surface area contributed by atoms with E-state index in [0.717, 1.165) is 30.2 Å². The summed E-state index contributed by atoms with van der Waals surface area (Å²) in [6.07, 6.45) is 15.9. The molecule has 0 spiro atoms. The summed E-state index contributed by atoms with van der Waals surface area (Å²) in [5.74, 6) is 6.45. The van der Waals surface area contributed by atoms with Gasteiger partial charge in [0, 0.05) is 17.7 Å². The zero-order valence-corrected chi connectivity index (χ0v) is 16.6. The standard InChI is InChI=1S/C21H33N3S/c1-2-24-19(21-11-16-8-17(12-21)10-18(9-16)13-21)22-23-20(24)25-14-15-6-4-3-5-7-15/h15-18H,2-14H2,1H3. The quantitative estimate of drug-likeness (QED) is 0.656. The van der Waals surface area contributed by atoms with E-state index in [1.807, 2.05) is 11.8 Å². The molecule has 0 aromatic carbocycles. The number of rotatable bonds is 5. The van der Waals surface area contributed by atoms with E-state index in [2.05, 4.69) is 11.5 Å². The summed E-state index contributed by atoms with van der Waals surface area (Å²) in [4.78, 5) is 0. The highest BCUT2D eigenvalue weighted by Gasteiger charge is 2.53. The van der Waals surface area contributed by atoms with Crippen molar-refractivity contribution in [2.75, 3.05) is 5.75 Å². The highest BCUT2D eigenvalue weighted by atomic mass is 32.2. The molecule has 0 atom stereocenters. The van der Waals surface area contributed by atoms with Gasteiger partial charge in [-0.3, -0.25) is 0 Å². The molecule has 4 bridgehead atoms. The van der Waals surface area contributed by atoms with Crippen molar-refractivity contribution in [1.82, 2.24) is 14.8 Å². The molecule has 4 heteroatoms. The molecule has 3 nitrogen and oxygen atoms in total. The number of hydrogen-bond donors (Lipinski definition) is 0. The van der Waals surface area contributed by atoms with Crippen LogP contribution in [0.3, 0.4) is 0 Å². The maximum atomic E-state index is 4.83. The smallest absolute Gasteiger partial charge is 0.191 e. The molecule has 1 aromatic heterocycles. The van der Waals surface area contributed by atoms with Gasteiger partial charge in [-0.1, -0.05) is 31.0 Å². The molecule has 1 aromatic rings. The summed E-state index contributed by atoms with van der Waals surface area (Å²) >= 11 is 1.99. The highest BCUT2D eigenvalue weighted by molar-refractivity contribution is 7.99. The molecule has 5 fully saturated rings. The van der Waals surface area contributed by atoms with Crippen LogP contribution in [-0.4, -0.2) is 20.5 Å². The molecule has 0 saturated heterocycles. The SMILES string of the molecule is CCn1c(SCC2CCCCC2)nnc1C12CC3CC(CC(C3)C1)C2. The van der Waals surface area contributed by atoms with E-state index in [9.17, 15) is 0 Å². The van der Waals surface area contributed by atoms with Crippen LogP contribution in [0.1, 0.15) is 83.4 Å². The minimum absolute atomic E-state index is 0.376. The van der Waals surface area contributed by atoms with E-state index < -0.39 is 0 Å². The predicted octanol–water partition coefficient (Wildman–Crippen LogP) is 5.44. The summed E-state index contributed by atoms with van der Waals surface area (Å²) < 4.78 is 2.50. The minimum atomic E-state index is 0.376. The van der Waals surface area contributed by atoms with Crippen LogP contribution in [0.15, 0.2) is 5.16 Å². The maximum Gasteiger partial charge on any atom is 0.191 e. The first-order chi connectivity index (χ1) is 12.3. The van der Waals surface area contributed by atoms with Crippen LogP contribution in [-0.2, 0) is 12.0 Å². The normalized spacial score (nSPS) is 37.7. The molecule has 0 radical (unpaired) electrons. The molecule has 0 unspecified atom stereocenters. The van der Waals surface area contributed by atoms with Gasteiger partial charge in [-0.05, 0) is 82.0 Å². The fourth-order valence-corrected chi connectivity index (χ4v) is 8.19. The second kappa shape index (κ2) is 6.58. The Balaban J connectivity index is 1.36. The topological polar surface area (TPSA) is 30.7 Å². The molecule has 138 valence electrons. The van der Waals surface area contributed by atoms with E-state index in [4.69, 9.17) is 10.2 Å². The van der Waals surface area contributed by atoms with Crippen LogP contribution in [0.5, 0.6) is 0 Å². The fraction of sp³-hybridized carbons (Fsp3) is 0.905. The molecule has 0 amide bonds. The number of thioether (sulfide) groups is 1. The van der Waals surface area contributed by atoms with Crippen molar-refractivity contribution in [3.8, 4) is 0 Å². The molecule has 0 aliphatic heterocycles. The van der Waals surface area contributed by atoms with Crippen LogP contribution in [0, 0.1) is 23.7 Å². The van der Waals surface area contributed by atoms with Gasteiger partial charge in [-0.25, -0.2) is 0 Å². The third-order valence-corrected chi connectivity index (χ3v) is 8.92. The Kier molecular flexibility index (Phi) is 4.38. The summed E-state index contributed by atoms with van der Waals surface area (Å²) in [5, 5.41) is 10.7. The average molecular weight is 360 g/mol. The largest absolute Gasteiger partial charge is 0.306 e. The van der Waals surface area contributed by atoms with Gasteiger partial charge in [0.2, 0.25) is 0 Å². The van der Waals surface area contributed by atoms with Gasteiger partial charge >= 0.3 is 0 Å². The molecular formula is C21H33N3S. The Morgan fingerprint density at radius 2 is 1.60 bits per heavy atom. The molecule has 0 N–H and O–H groups in total. The van der Waals surface area contributed by atoms with E-state index in [1.54, 1.807) is 0 Å². The lowest BCUT2D eigenvalue weighted by molar-refractivity contribution is -0.0113. The summed E-state index contributed by atoms with van der Waals surface area (Å²) in [7, 11) is 0. The van der Waals surface area contributed by atoms with Crippen molar-refractivity contribution in [2.45, 2.75) is 94.7 Å². The monoisotopic (exact) mass is 359 g/mol. The van der Waals surface area contributed by atoms with Gasteiger partial charge in [-0.15, -0.1) is 10.2 Å². The van der Waals surface area contributed by atoms with Gasteiger partial charge in [0.1, 0.15) is 5.82 Å². The molecule has 25 heavy (non-hydrogen) atoms. The van der Waals surface area contributed by atoms with Crippen LogP contribution >= 0.6 is 11.8 Å². The minimum Gasteiger partial charge on any atom is -0.306 e. The first kappa shape index (κ1) is 16.6. The van der Waals surface area contributed by atoms with Gasteiger partial charge in [-0.2, -0.15) is 0 Å². The third kappa shape index (κ3) is 2.96. The second-order valence-electron chi connectivity index (χ2n) is 9.56. The van der Waals surface area contributed by atoms with Gasteiger partial charge in [0.05, 0.1) is 0 Å². The van der Waals surface area contributed by atoms with Crippen molar-refractivity contribution < 1.29 is 0 Å². The van der Waals surface area contributed by atoms with Gasteiger partial charge in [0.25, 0.3) is 0 Å². The second-order valence-corrected chi connectivity index (χ2v) is 10.6. The lowest BCUT2D eigenvalue weighted by atomic mass is 9.49. The molecule has 5 saturated carbocycles. The highest BCUT2D eigenvalue weighted by Crippen LogP contribution is 2.60. The summed E-state index contributed by atoms with van der Waals surface area (Å²) in [6.45, 7) is 3.33. The molecule has 5 aliphatic carbocycles. The Morgan fingerprint density at radius 1 is 0.960 bits per heavy atom. The van der Waals surface area contributed by atoms with Crippen LogP contribution in [0.25, 0.3) is 0 Å². The third-order valence-electron chi connectivity index (χ3n) is 7.72. The fourth-order valence-electron chi connectivity index (χ4n) is 7.00. The molecule has 6 rings (SSSR count). The van der Waals surface area contributed by atoms with Crippen molar-refractivity contribution in [3.05, 3.63) is 5.82 Å². The van der Waals surface area contributed by atoms with Crippen LogP contribution in [0.2, 0.25) is 0 Å². The lowest BCUT2D eigenvalue weighted by Gasteiger charge is -2.56. The Morgan fingerprint density at radius 3 is 2.20 bits per heavy atom. The van der Waals surface area contributed by atoms with E-state index in [-0.39, 0.29) is 0 Å². The summed E-state index contributed by atoms with van der Waals surface area (Å²) in [6, 6.07) is 0. The number of aromatic nitrogens is 3. The van der Waals surface area contributed by atoms with Crippen molar-refractivity contribution in [3.63, 3.8) is 0 Å². The van der Waals surface area contributed by atoms with Crippen molar-refractivity contribution in [1.29, 1.82) is 0 Å². The summed E-state index contributed by atoms with van der Waals surface area (Å²) in [5.41, 5.74) is 0.376. The first-order valence-corrected chi connectivity index (χ1v) is 11.8. The van der Waals surface area contributed by atoms with E-state index in [0.29, 0.717) is 5.41 Å². The predicted molar refractivity (Wildman–Crippen MR) is 103 cm³/mol. The van der Waals surface area contributed by atoms with Crippen molar-refractivity contribution in [2.24, 2.45) is 23.7 Å². The first-order valence-electron chi connectivity index (χ1n) is 10.8. The average Bonchev–Trinajstić information content (AvgIpc) is 3.03.